The number of halogens is 1. The summed E-state index contributed by atoms with van der Waals surface area (Å²) in [4.78, 5) is 4.66. The average molecular weight is 388 g/mol. The van der Waals surface area contributed by atoms with Crippen LogP contribution >= 0.6 is 0 Å². The van der Waals surface area contributed by atoms with E-state index in [4.69, 9.17) is 9.47 Å². The third kappa shape index (κ3) is 5.22. The van der Waals surface area contributed by atoms with Crippen molar-refractivity contribution in [2.45, 2.75) is 25.6 Å². The van der Waals surface area contributed by atoms with Gasteiger partial charge in [-0.25, -0.2) is 4.39 Å². The van der Waals surface area contributed by atoms with Crippen LogP contribution in [0.25, 0.3) is 0 Å². The number of nitrogens with zero attached hydrogens (tertiary/aromatic N) is 2. The second kappa shape index (κ2) is 9.87. The maximum Gasteiger partial charge on any atom is 0.131 e. The zero-order valence-corrected chi connectivity index (χ0v) is 16.6. The van der Waals surface area contributed by atoms with Gasteiger partial charge < -0.3 is 14.6 Å². The second-order valence-corrected chi connectivity index (χ2v) is 7.18. The molecule has 28 heavy (non-hydrogen) atoms. The topological polar surface area (TPSA) is 45.2 Å². The summed E-state index contributed by atoms with van der Waals surface area (Å²) >= 11 is 0. The van der Waals surface area contributed by atoms with Crippen molar-refractivity contribution in [2.24, 2.45) is 0 Å². The Bertz CT molecular complexity index is 754. The lowest BCUT2D eigenvalue weighted by Crippen LogP contribution is -2.52. The first-order valence-electron chi connectivity index (χ1n) is 9.65. The molecular formula is C22H29FN2O3. The van der Waals surface area contributed by atoms with Crippen LogP contribution in [0, 0.1) is 5.82 Å². The van der Waals surface area contributed by atoms with E-state index in [2.05, 4.69) is 21.9 Å². The van der Waals surface area contributed by atoms with Gasteiger partial charge >= 0.3 is 0 Å². The molecule has 0 spiro atoms. The molecule has 0 amide bonds. The van der Waals surface area contributed by atoms with E-state index < -0.39 is 0 Å². The van der Waals surface area contributed by atoms with Crippen LogP contribution in [-0.2, 0) is 13.1 Å². The van der Waals surface area contributed by atoms with Crippen LogP contribution in [0.3, 0.4) is 0 Å². The fraction of sp³-hybridized carbons (Fsp3) is 0.455. The molecule has 2 aromatic carbocycles. The number of benzene rings is 2. The molecule has 0 saturated carbocycles. The zero-order valence-electron chi connectivity index (χ0n) is 16.6. The first kappa shape index (κ1) is 20.6. The van der Waals surface area contributed by atoms with Crippen LogP contribution in [0.15, 0.2) is 42.5 Å². The molecule has 1 N–H and O–H groups in total. The van der Waals surface area contributed by atoms with Crippen molar-refractivity contribution in [3.05, 3.63) is 59.4 Å². The Balaban J connectivity index is 1.63. The third-order valence-electron chi connectivity index (χ3n) is 5.35. The van der Waals surface area contributed by atoms with E-state index in [1.54, 1.807) is 19.2 Å². The summed E-state index contributed by atoms with van der Waals surface area (Å²) in [6.07, 6.45) is 0.677. The highest BCUT2D eigenvalue weighted by molar-refractivity contribution is 5.29. The second-order valence-electron chi connectivity index (χ2n) is 7.18. The molecule has 0 bridgehead atoms. The Hall–Kier alpha value is -2.15. The Morgan fingerprint density at radius 2 is 1.71 bits per heavy atom. The number of ether oxygens (including phenoxy) is 2. The van der Waals surface area contributed by atoms with Crippen LogP contribution in [0.5, 0.6) is 11.5 Å². The first-order chi connectivity index (χ1) is 13.6. The van der Waals surface area contributed by atoms with Gasteiger partial charge in [0, 0.05) is 57.0 Å². The highest BCUT2D eigenvalue weighted by Crippen LogP contribution is 2.22. The van der Waals surface area contributed by atoms with Gasteiger partial charge in [0.05, 0.1) is 14.2 Å². The van der Waals surface area contributed by atoms with Gasteiger partial charge in [-0.2, -0.15) is 0 Å². The lowest BCUT2D eigenvalue weighted by molar-refractivity contribution is 0.0493. The average Bonchev–Trinajstić information content (AvgIpc) is 2.72. The van der Waals surface area contributed by atoms with Crippen LogP contribution in [0.4, 0.5) is 4.39 Å². The Morgan fingerprint density at radius 1 is 1.00 bits per heavy atom. The molecule has 5 nitrogen and oxygen atoms in total. The number of hydrogen-bond acceptors (Lipinski definition) is 5. The van der Waals surface area contributed by atoms with E-state index in [0.29, 0.717) is 24.3 Å². The van der Waals surface area contributed by atoms with E-state index in [0.717, 1.165) is 31.9 Å². The first-order valence-corrected chi connectivity index (χ1v) is 9.65. The molecule has 1 atom stereocenters. The predicted octanol–water partition coefficient (Wildman–Crippen LogP) is 2.91. The molecule has 0 unspecified atom stereocenters. The van der Waals surface area contributed by atoms with Crippen molar-refractivity contribution in [3.8, 4) is 11.5 Å². The van der Waals surface area contributed by atoms with Crippen LogP contribution < -0.4 is 9.47 Å². The van der Waals surface area contributed by atoms with Gasteiger partial charge in [-0.05, 0) is 30.2 Å². The van der Waals surface area contributed by atoms with Crippen molar-refractivity contribution in [3.63, 3.8) is 0 Å². The van der Waals surface area contributed by atoms with Gasteiger partial charge in [0.1, 0.15) is 17.3 Å². The SMILES string of the molecule is COc1ccc(CN2CCN(Cc3ccc(OC)cc3F)[C@@H](CCO)C2)cc1. The Kier molecular flexibility index (Phi) is 7.25. The molecule has 1 aliphatic rings. The zero-order chi connectivity index (χ0) is 19.9. The van der Waals surface area contributed by atoms with E-state index in [1.165, 1.54) is 18.7 Å². The van der Waals surface area contributed by atoms with Crippen molar-refractivity contribution in [1.29, 1.82) is 0 Å². The largest absolute Gasteiger partial charge is 0.497 e. The maximum absolute atomic E-state index is 14.4. The number of hydrogen-bond donors (Lipinski definition) is 1. The lowest BCUT2D eigenvalue weighted by atomic mass is 10.1. The van der Waals surface area contributed by atoms with Gasteiger partial charge in [0.15, 0.2) is 0 Å². The van der Waals surface area contributed by atoms with E-state index in [9.17, 15) is 9.50 Å². The molecule has 2 aromatic rings. The summed E-state index contributed by atoms with van der Waals surface area (Å²) in [6, 6.07) is 13.3. The molecule has 6 heteroatoms. The van der Waals surface area contributed by atoms with Crippen LogP contribution in [0.1, 0.15) is 17.5 Å². The van der Waals surface area contributed by atoms with E-state index >= 15 is 0 Å². The molecule has 3 rings (SSSR count). The fourth-order valence-electron chi connectivity index (χ4n) is 3.72. The molecule has 1 fully saturated rings. The molecule has 1 heterocycles. The highest BCUT2D eigenvalue weighted by atomic mass is 19.1. The molecule has 152 valence electrons. The van der Waals surface area contributed by atoms with Crippen LogP contribution in [-0.4, -0.2) is 61.4 Å². The molecule has 0 radical (unpaired) electrons. The summed E-state index contributed by atoms with van der Waals surface area (Å²) in [6.45, 7) is 4.12. The number of piperazine rings is 1. The van der Waals surface area contributed by atoms with Gasteiger partial charge in [-0.3, -0.25) is 9.80 Å². The summed E-state index contributed by atoms with van der Waals surface area (Å²) in [5.74, 6) is 1.13. The normalized spacial score (nSPS) is 18.2. The number of methoxy groups -OCH3 is 2. The predicted molar refractivity (Wildman–Crippen MR) is 107 cm³/mol. The number of aliphatic hydroxyl groups excluding tert-OH is 1. The smallest absolute Gasteiger partial charge is 0.131 e. The summed E-state index contributed by atoms with van der Waals surface area (Å²) < 4.78 is 24.7. The van der Waals surface area contributed by atoms with Gasteiger partial charge in [-0.15, -0.1) is 0 Å². The molecule has 0 aliphatic carbocycles. The standard InChI is InChI=1S/C22H29FN2O3/c1-27-20-6-3-17(4-7-20)14-24-10-11-25(19(16-24)9-12-26)15-18-5-8-21(28-2)13-22(18)23/h3-8,13,19,26H,9-12,14-16H2,1-2H3/t19-/m0/s1. The molecule has 1 aliphatic heterocycles. The maximum atomic E-state index is 14.4. The Morgan fingerprint density at radius 3 is 2.36 bits per heavy atom. The molecular weight excluding hydrogens is 359 g/mol. The summed E-state index contributed by atoms with van der Waals surface area (Å²) in [7, 11) is 3.20. The number of aliphatic hydroxyl groups is 1. The summed E-state index contributed by atoms with van der Waals surface area (Å²) in [5.41, 5.74) is 1.89. The highest BCUT2D eigenvalue weighted by Gasteiger charge is 2.27. The van der Waals surface area contributed by atoms with Crippen molar-refractivity contribution in [2.75, 3.05) is 40.5 Å². The minimum absolute atomic E-state index is 0.128. The van der Waals surface area contributed by atoms with Crippen molar-refractivity contribution in [1.82, 2.24) is 9.80 Å². The van der Waals surface area contributed by atoms with Crippen molar-refractivity contribution < 1.29 is 19.0 Å². The summed E-state index contributed by atoms with van der Waals surface area (Å²) in [5, 5.41) is 9.51. The fourth-order valence-corrected chi connectivity index (χ4v) is 3.72. The van der Waals surface area contributed by atoms with E-state index in [-0.39, 0.29) is 18.5 Å². The number of rotatable bonds is 8. The molecule has 1 saturated heterocycles. The minimum Gasteiger partial charge on any atom is -0.497 e. The van der Waals surface area contributed by atoms with Gasteiger partial charge in [-0.1, -0.05) is 18.2 Å². The lowest BCUT2D eigenvalue weighted by Gasteiger charge is -2.41. The third-order valence-corrected chi connectivity index (χ3v) is 5.35. The quantitative estimate of drug-likeness (QED) is 0.753. The van der Waals surface area contributed by atoms with Crippen molar-refractivity contribution >= 4 is 0 Å². The monoisotopic (exact) mass is 388 g/mol. The van der Waals surface area contributed by atoms with Crippen LogP contribution in [0.2, 0.25) is 0 Å². The van der Waals surface area contributed by atoms with E-state index in [1.807, 2.05) is 12.1 Å². The molecule has 0 aromatic heterocycles. The Labute approximate surface area is 166 Å². The minimum atomic E-state index is -0.247. The van der Waals surface area contributed by atoms with Gasteiger partial charge in [0.2, 0.25) is 0 Å². The van der Waals surface area contributed by atoms with Gasteiger partial charge in [0.25, 0.3) is 0 Å².